The molecule has 0 aliphatic heterocycles. The van der Waals surface area contributed by atoms with Crippen LogP contribution in [0.5, 0.6) is 0 Å². The molecule has 0 aliphatic rings. The predicted octanol–water partition coefficient (Wildman–Crippen LogP) is 14.1. The van der Waals surface area contributed by atoms with Crippen molar-refractivity contribution in [2.45, 2.75) is 130 Å². The molecule has 36 heavy (non-hydrogen) atoms. The molecule has 0 bridgehead atoms. The van der Waals surface area contributed by atoms with Crippen LogP contribution < -0.4 is 0 Å². The van der Waals surface area contributed by atoms with Gasteiger partial charge in [0.1, 0.15) is 0 Å². The molecule has 1 unspecified atom stereocenters. The lowest BCUT2D eigenvalue weighted by molar-refractivity contribution is 0.520. The first-order chi connectivity index (χ1) is 17.4. The fourth-order valence-corrected chi connectivity index (χ4v) is 2.00. The molecular weight excluding hydrogens is 432 g/mol. The molecule has 0 N–H and O–H groups in total. The van der Waals surface area contributed by atoms with E-state index in [2.05, 4.69) is 78.7 Å². The van der Waals surface area contributed by atoms with E-state index in [1.807, 2.05) is 113 Å². The summed E-state index contributed by atoms with van der Waals surface area (Å²) in [4.78, 5) is 0. The fraction of sp³-hybridized carbons (Fsp3) is 0.556. The molecule has 0 aromatic carbocycles. The van der Waals surface area contributed by atoms with E-state index < -0.39 is 0 Å². The van der Waals surface area contributed by atoms with E-state index in [1.165, 1.54) is 30.4 Å². The Morgan fingerprint density at radius 2 is 1.06 bits per heavy atom. The van der Waals surface area contributed by atoms with Gasteiger partial charge in [0.05, 0.1) is 0 Å². The Labute approximate surface area is 233 Å². The Bertz CT molecular complexity index is 474. The van der Waals surface area contributed by atoms with Gasteiger partial charge in [-0.15, -0.1) is 13.2 Å². The second-order valence-electron chi connectivity index (χ2n) is 6.33. The summed E-state index contributed by atoms with van der Waals surface area (Å²) in [6.45, 7) is 42.5. The minimum Gasteiger partial charge on any atom is -0.106 e. The molecule has 0 spiro atoms. The lowest BCUT2D eigenvalue weighted by atomic mass is 9.97. The van der Waals surface area contributed by atoms with Crippen molar-refractivity contribution in [3.05, 3.63) is 97.7 Å². The van der Waals surface area contributed by atoms with Crippen LogP contribution in [0, 0.1) is 5.92 Å². The number of hydrogen-bond acceptors (Lipinski definition) is 0. The summed E-state index contributed by atoms with van der Waals surface area (Å²) in [5.41, 5.74) is 2.73. The van der Waals surface area contributed by atoms with E-state index in [0.717, 1.165) is 5.92 Å². The van der Waals surface area contributed by atoms with Crippen LogP contribution in [-0.4, -0.2) is 0 Å². The van der Waals surface area contributed by atoms with Crippen molar-refractivity contribution in [2.75, 3.05) is 0 Å². The molecular formula is C36H72. The van der Waals surface area contributed by atoms with Crippen molar-refractivity contribution in [1.82, 2.24) is 0 Å². The monoisotopic (exact) mass is 505 g/mol. The van der Waals surface area contributed by atoms with Gasteiger partial charge in [0.25, 0.3) is 0 Å². The summed E-state index contributed by atoms with van der Waals surface area (Å²) in [5.74, 6) is 0.844. The molecule has 0 heterocycles. The second-order valence-corrected chi connectivity index (χ2v) is 6.33. The Balaban J connectivity index is -0.0000000488. The summed E-state index contributed by atoms with van der Waals surface area (Å²) in [6, 6.07) is 0. The highest BCUT2D eigenvalue weighted by atomic mass is 14.1. The van der Waals surface area contributed by atoms with Crippen molar-refractivity contribution in [3.8, 4) is 0 Å². The molecule has 1 atom stereocenters. The van der Waals surface area contributed by atoms with E-state index in [1.54, 1.807) is 6.08 Å². The molecule has 0 radical (unpaired) electrons. The van der Waals surface area contributed by atoms with Crippen LogP contribution in [0.2, 0.25) is 0 Å². The molecule has 0 aromatic heterocycles. The third-order valence-corrected chi connectivity index (χ3v) is 3.41. The molecule has 216 valence electrons. The minimum absolute atomic E-state index is 0.844. The van der Waals surface area contributed by atoms with Crippen molar-refractivity contribution >= 4 is 0 Å². The largest absolute Gasteiger partial charge is 0.106 e. The van der Waals surface area contributed by atoms with Crippen LogP contribution in [0.25, 0.3) is 0 Å². The summed E-state index contributed by atoms with van der Waals surface area (Å²) < 4.78 is 0. The van der Waals surface area contributed by atoms with Crippen molar-refractivity contribution in [1.29, 1.82) is 0 Å². The summed E-state index contributed by atoms with van der Waals surface area (Å²) in [7, 11) is 0. The fourth-order valence-electron chi connectivity index (χ4n) is 2.00. The highest BCUT2D eigenvalue weighted by Gasteiger charge is 2.00. The lowest BCUT2D eigenvalue weighted by Crippen LogP contribution is -1.94. The predicted molar refractivity (Wildman–Crippen MR) is 182 cm³/mol. The molecule has 0 amide bonds. The third-order valence-electron chi connectivity index (χ3n) is 3.41. The lowest BCUT2D eigenvalue weighted by Gasteiger charge is -2.09. The Kier molecular flexibility index (Phi) is 116. The van der Waals surface area contributed by atoms with Gasteiger partial charge >= 0.3 is 0 Å². The van der Waals surface area contributed by atoms with Gasteiger partial charge in [-0.1, -0.05) is 167 Å². The zero-order valence-electron chi connectivity index (χ0n) is 28.2. The Morgan fingerprint density at radius 3 is 1.36 bits per heavy atom. The van der Waals surface area contributed by atoms with Gasteiger partial charge in [0.15, 0.2) is 0 Å². The first-order valence-corrected chi connectivity index (χ1v) is 14.4. The van der Waals surface area contributed by atoms with Crippen LogP contribution in [0.1, 0.15) is 130 Å². The van der Waals surface area contributed by atoms with E-state index in [0.29, 0.717) is 0 Å². The van der Waals surface area contributed by atoms with Crippen LogP contribution >= 0.6 is 0 Å². The highest BCUT2D eigenvalue weighted by Crippen LogP contribution is 2.15. The van der Waals surface area contributed by atoms with Gasteiger partial charge in [-0.25, -0.2) is 0 Å². The molecule has 0 fully saturated rings. The second kappa shape index (κ2) is 76.6. The molecule has 0 saturated heterocycles. The average molecular weight is 505 g/mol. The first kappa shape index (κ1) is 54.7. The van der Waals surface area contributed by atoms with Gasteiger partial charge in [-0.2, -0.15) is 0 Å². The zero-order valence-corrected chi connectivity index (χ0v) is 28.2. The number of allylic oxidation sites excluding steroid dienone is 13. The van der Waals surface area contributed by atoms with Crippen molar-refractivity contribution < 1.29 is 0 Å². The maximum Gasteiger partial charge on any atom is -0.0294 e. The Morgan fingerprint density at radius 1 is 0.667 bits per heavy atom. The molecule has 0 saturated carbocycles. The third kappa shape index (κ3) is 95.0. The van der Waals surface area contributed by atoms with Crippen molar-refractivity contribution in [2.24, 2.45) is 5.92 Å². The van der Waals surface area contributed by atoms with E-state index in [9.17, 15) is 0 Å². The van der Waals surface area contributed by atoms with Gasteiger partial charge in [-0.05, 0) is 53.9 Å². The Hall–Kier alpha value is -2.08. The van der Waals surface area contributed by atoms with E-state index in [4.69, 9.17) is 0 Å². The van der Waals surface area contributed by atoms with Crippen LogP contribution in [-0.2, 0) is 0 Å². The maximum atomic E-state index is 3.58. The topological polar surface area (TPSA) is 0 Å². The van der Waals surface area contributed by atoms with Gasteiger partial charge < -0.3 is 0 Å². The SMILES string of the molecule is C/C=C/C.C/C=C/C=C(\C)CC(C)CCC.C=C.C=C/C=C/C(C)=C/C=C/C.CC.CC.CC.CC. The molecule has 0 rings (SSSR count). The van der Waals surface area contributed by atoms with Gasteiger partial charge in [0, 0.05) is 0 Å². The molecule has 0 heteroatoms. The van der Waals surface area contributed by atoms with Crippen LogP contribution in [0.4, 0.5) is 0 Å². The number of rotatable bonds is 8. The van der Waals surface area contributed by atoms with Crippen LogP contribution in [0.15, 0.2) is 97.7 Å². The van der Waals surface area contributed by atoms with Crippen molar-refractivity contribution in [3.63, 3.8) is 0 Å². The smallest absolute Gasteiger partial charge is 0.0294 e. The minimum atomic E-state index is 0.844. The van der Waals surface area contributed by atoms with Crippen LogP contribution in [0.3, 0.4) is 0 Å². The average Bonchev–Trinajstić information content (AvgIpc) is 2.95. The summed E-state index contributed by atoms with van der Waals surface area (Å²) in [5, 5.41) is 0. The maximum absolute atomic E-state index is 3.58. The number of hydrogen-bond donors (Lipinski definition) is 0. The summed E-state index contributed by atoms with van der Waals surface area (Å²) >= 11 is 0. The normalized spacial score (nSPS) is 10.7. The van der Waals surface area contributed by atoms with Gasteiger partial charge in [-0.3, -0.25) is 0 Å². The quantitative estimate of drug-likeness (QED) is 0.228. The van der Waals surface area contributed by atoms with E-state index in [-0.39, 0.29) is 0 Å². The first-order valence-electron chi connectivity index (χ1n) is 14.4. The molecule has 0 aliphatic carbocycles. The molecule has 0 aromatic rings. The zero-order chi connectivity index (χ0) is 30.6. The van der Waals surface area contributed by atoms with E-state index >= 15 is 0 Å². The standard InChI is InChI=1S/C12H22.C10H14.C4H8.4C2H6.C2H4/c1-5-7-9-12(4)10-11(3)8-6-2;1-4-6-8-10(3)9-7-5-2;1-3-4-2;5*1-2/h5,7,9,11H,6,8,10H2,1-4H3;4-9H,1H2,2-3H3;3-4H,1-2H3;4*1-2H3;1-2H2/b7-5+,12-9+;7-5+,8-6+,10-9+;4-3+;;;;;. The highest BCUT2D eigenvalue weighted by molar-refractivity contribution is 5.23. The summed E-state index contributed by atoms with van der Waals surface area (Å²) in [6.07, 6.45) is 26.1. The van der Waals surface area contributed by atoms with Gasteiger partial charge in [0.2, 0.25) is 0 Å². The molecule has 0 nitrogen and oxygen atoms in total.